The van der Waals surface area contributed by atoms with Gasteiger partial charge in [0.05, 0.1) is 11.1 Å². The highest BCUT2D eigenvalue weighted by molar-refractivity contribution is 7.99. The van der Waals surface area contributed by atoms with Crippen LogP contribution in [0, 0.1) is 6.92 Å². The molecule has 0 spiro atoms. The van der Waals surface area contributed by atoms with Crippen molar-refractivity contribution in [1.82, 2.24) is 20.4 Å². The van der Waals surface area contributed by atoms with Gasteiger partial charge in [-0.15, -0.1) is 11.3 Å². The molecule has 0 radical (unpaired) electrons. The fraction of sp³-hybridized carbons (Fsp3) is 0.364. The number of amides is 2. The van der Waals surface area contributed by atoms with Gasteiger partial charge >= 0.3 is 0 Å². The zero-order valence-electron chi connectivity index (χ0n) is 17.5. The molecule has 2 amide bonds. The summed E-state index contributed by atoms with van der Waals surface area (Å²) in [5.41, 5.74) is 7.50. The molecule has 0 bridgehead atoms. The van der Waals surface area contributed by atoms with Gasteiger partial charge in [0.15, 0.2) is 5.16 Å². The van der Waals surface area contributed by atoms with Crippen molar-refractivity contribution in [1.29, 1.82) is 0 Å². The van der Waals surface area contributed by atoms with E-state index < -0.39 is 0 Å². The van der Waals surface area contributed by atoms with Gasteiger partial charge < -0.3 is 0 Å². The number of hydrazine groups is 1. The van der Waals surface area contributed by atoms with E-state index in [0.29, 0.717) is 17.3 Å². The highest BCUT2D eigenvalue weighted by Crippen LogP contribution is 2.34. The Bertz CT molecular complexity index is 1200. The summed E-state index contributed by atoms with van der Waals surface area (Å²) in [6, 6.07) is 7.07. The summed E-state index contributed by atoms with van der Waals surface area (Å²) in [5.74, 6) is -0.711. The number of aromatic nitrogens is 2. The SMILES string of the molecule is CCn1c(SCC(=O)NNC(=O)c2ccc(C)cc2)nc2sc3c(c2c1=O)CCCC3. The molecular formula is C22H24N4O3S2. The van der Waals surface area contributed by atoms with Crippen LogP contribution in [0.15, 0.2) is 34.2 Å². The van der Waals surface area contributed by atoms with Gasteiger partial charge in [0.1, 0.15) is 4.83 Å². The lowest BCUT2D eigenvalue weighted by Gasteiger charge is -2.12. The van der Waals surface area contributed by atoms with Gasteiger partial charge in [0.25, 0.3) is 11.5 Å². The zero-order valence-corrected chi connectivity index (χ0v) is 19.1. The first-order chi connectivity index (χ1) is 15.0. The third kappa shape index (κ3) is 4.52. The van der Waals surface area contributed by atoms with Gasteiger partial charge in [-0.1, -0.05) is 29.5 Å². The maximum atomic E-state index is 13.1. The molecule has 1 aliphatic rings. The van der Waals surface area contributed by atoms with E-state index in [-0.39, 0.29) is 23.1 Å². The third-order valence-electron chi connectivity index (χ3n) is 5.32. The van der Waals surface area contributed by atoms with Crippen molar-refractivity contribution in [2.75, 3.05) is 5.75 Å². The standard InChI is InChI=1S/C22H24N4O3S2/c1-3-26-21(29)18-15-6-4-5-7-16(15)31-20(18)23-22(26)30-12-17(27)24-25-19(28)14-10-8-13(2)9-11-14/h8-11H,3-7,12H2,1-2H3,(H,24,27)(H,25,28). The van der Waals surface area contributed by atoms with E-state index in [1.807, 2.05) is 26.0 Å². The number of aryl methyl sites for hydroxylation is 3. The maximum absolute atomic E-state index is 13.1. The molecule has 1 aromatic carbocycles. The molecular weight excluding hydrogens is 432 g/mol. The number of nitrogens with one attached hydrogen (secondary N) is 2. The van der Waals surface area contributed by atoms with Crippen LogP contribution in [0.1, 0.15) is 46.1 Å². The second-order valence-corrected chi connectivity index (χ2v) is 9.52. The number of carbonyl (C=O) groups excluding carboxylic acids is 2. The van der Waals surface area contributed by atoms with Crippen LogP contribution in [-0.2, 0) is 24.2 Å². The monoisotopic (exact) mass is 456 g/mol. The third-order valence-corrected chi connectivity index (χ3v) is 7.48. The summed E-state index contributed by atoms with van der Waals surface area (Å²) in [7, 11) is 0. The number of fused-ring (bicyclic) bond motifs is 3. The van der Waals surface area contributed by atoms with Crippen molar-refractivity contribution in [3.05, 3.63) is 56.2 Å². The minimum atomic E-state index is -0.382. The van der Waals surface area contributed by atoms with Crippen molar-refractivity contribution in [3.63, 3.8) is 0 Å². The van der Waals surface area contributed by atoms with Crippen LogP contribution in [0.25, 0.3) is 10.2 Å². The fourth-order valence-corrected chi connectivity index (χ4v) is 5.84. The molecule has 2 N–H and O–H groups in total. The second kappa shape index (κ2) is 9.23. The van der Waals surface area contributed by atoms with E-state index in [4.69, 9.17) is 4.98 Å². The molecule has 0 saturated carbocycles. The van der Waals surface area contributed by atoms with E-state index >= 15 is 0 Å². The van der Waals surface area contributed by atoms with Crippen molar-refractivity contribution in [3.8, 4) is 0 Å². The topological polar surface area (TPSA) is 93.1 Å². The zero-order chi connectivity index (χ0) is 22.0. The first-order valence-corrected chi connectivity index (χ1v) is 12.1. The molecule has 0 fully saturated rings. The fourth-order valence-electron chi connectivity index (χ4n) is 3.68. The number of nitrogens with zero attached hydrogens (tertiary/aromatic N) is 2. The average Bonchev–Trinajstić information content (AvgIpc) is 3.15. The van der Waals surface area contributed by atoms with E-state index in [1.165, 1.54) is 22.2 Å². The minimum absolute atomic E-state index is 0.0255. The Morgan fingerprint density at radius 2 is 1.90 bits per heavy atom. The lowest BCUT2D eigenvalue weighted by molar-refractivity contribution is -0.119. The molecule has 0 aliphatic heterocycles. The van der Waals surface area contributed by atoms with Gasteiger partial charge in [0, 0.05) is 17.0 Å². The highest BCUT2D eigenvalue weighted by atomic mass is 32.2. The molecule has 2 heterocycles. The van der Waals surface area contributed by atoms with Crippen LogP contribution in [-0.4, -0.2) is 27.1 Å². The van der Waals surface area contributed by atoms with Crippen molar-refractivity contribution >= 4 is 45.1 Å². The van der Waals surface area contributed by atoms with Crippen LogP contribution >= 0.6 is 23.1 Å². The number of hydrogen-bond donors (Lipinski definition) is 2. The number of rotatable bonds is 5. The Balaban J connectivity index is 1.44. The van der Waals surface area contributed by atoms with Gasteiger partial charge in [-0.3, -0.25) is 29.8 Å². The van der Waals surface area contributed by atoms with Crippen LogP contribution in [0.2, 0.25) is 0 Å². The first-order valence-electron chi connectivity index (χ1n) is 10.3. The summed E-state index contributed by atoms with van der Waals surface area (Å²) in [5, 5.41) is 1.28. The van der Waals surface area contributed by atoms with Gasteiger partial charge in [0.2, 0.25) is 5.91 Å². The molecule has 1 aliphatic carbocycles. The molecule has 0 saturated heterocycles. The summed E-state index contributed by atoms with van der Waals surface area (Å²) < 4.78 is 1.63. The normalized spacial score (nSPS) is 13.1. The van der Waals surface area contributed by atoms with Gasteiger partial charge in [-0.2, -0.15) is 0 Å². The predicted octanol–water partition coefficient (Wildman–Crippen LogP) is 3.22. The second-order valence-electron chi connectivity index (χ2n) is 7.49. The van der Waals surface area contributed by atoms with Crippen molar-refractivity contribution in [2.45, 2.75) is 51.2 Å². The molecule has 3 aromatic rings. The molecule has 7 nitrogen and oxygen atoms in total. The van der Waals surface area contributed by atoms with Gasteiger partial charge in [-0.25, -0.2) is 4.98 Å². The Kier molecular flexibility index (Phi) is 6.43. The Morgan fingerprint density at radius 1 is 1.16 bits per heavy atom. The van der Waals surface area contributed by atoms with E-state index in [9.17, 15) is 14.4 Å². The molecule has 31 heavy (non-hydrogen) atoms. The average molecular weight is 457 g/mol. The molecule has 0 unspecified atom stereocenters. The minimum Gasteiger partial charge on any atom is -0.287 e. The van der Waals surface area contributed by atoms with E-state index in [1.54, 1.807) is 28.0 Å². The van der Waals surface area contributed by atoms with Gasteiger partial charge in [-0.05, 0) is 57.2 Å². The van der Waals surface area contributed by atoms with Crippen LogP contribution in [0.3, 0.4) is 0 Å². The Labute approximate surface area is 188 Å². The highest BCUT2D eigenvalue weighted by Gasteiger charge is 2.22. The largest absolute Gasteiger partial charge is 0.287 e. The quantitative estimate of drug-likeness (QED) is 0.349. The van der Waals surface area contributed by atoms with Crippen LogP contribution < -0.4 is 16.4 Å². The number of carbonyl (C=O) groups is 2. The summed E-state index contributed by atoms with van der Waals surface area (Å²) >= 11 is 2.80. The lowest BCUT2D eigenvalue weighted by atomic mass is 9.97. The molecule has 4 rings (SSSR count). The Hall–Kier alpha value is -2.65. The smallest absolute Gasteiger partial charge is 0.269 e. The maximum Gasteiger partial charge on any atom is 0.269 e. The number of thioether (sulfide) groups is 1. The molecule has 0 atom stereocenters. The van der Waals surface area contributed by atoms with E-state index in [0.717, 1.165) is 41.5 Å². The van der Waals surface area contributed by atoms with Crippen molar-refractivity contribution < 1.29 is 9.59 Å². The lowest BCUT2D eigenvalue weighted by Crippen LogP contribution is -2.42. The van der Waals surface area contributed by atoms with Crippen LogP contribution in [0.5, 0.6) is 0 Å². The van der Waals surface area contributed by atoms with Crippen LogP contribution in [0.4, 0.5) is 0 Å². The number of benzene rings is 1. The first kappa shape index (κ1) is 21.6. The Morgan fingerprint density at radius 3 is 2.65 bits per heavy atom. The number of thiophene rings is 1. The summed E-state index contributed by atoms with van der Waals surface area (Å²) in [4.78, 5) is 44.2. The summed E-state index contributed by atoms with van der Waals surface area (Å²) in [6.07, 6.45) is 4.20. The van der Waals surface area contributed by atoms with Crippen molar-refractivity contribution in [2.24, 2.45) is 0 Å². The number of hydrogen-bond acceptors (Lipinski definition) is 6. The summed E-state index contributed by atoms with van der Waals surface area (Å²) in [6.45, 7) is 4.33. The molecule has 9 heteroatoms. The molecule has 162 valence electrons. The van der Waals surface area contributed by atoms with E-state index in [2.05, 4.69) is 10.9 Å². The molecule has 2 aromatic heterocycles. The predicted molar refractivity (Wildman–Crippen MR) is 124 cm³/mol.